The molecule has 9 rings (SSSR count). The molecule has 4 bridgehead atoms. The predicted molar refractivity (Wildman–Crippen MR) is 207 cm³/mol. The van der Waals surface area contributed by atoms with Crippen LogP contribution in [0.1, 0.15) is 63.5 Å². The van der Waals surface area contributed by atoms with E-state index >= 15 is 0 Å². The number of phenols is 15. The third kappa shape index (κ3) is 6.57. The molecule has 4 heterocycles. The number of hydrogen-bond donors (Lipinski definition) is 16. The first-order chi connectivity index (χ1) is 31.5. The number of carbonyl (C=O) groups excluding carboxylic acids is 5. The van der Waals surface area contributed by atoms with Crippen LogP contribution >= 0.6 is 0 Å². The maximum absolute atomic E-state index is 14.6. The smallest absolute Gasteiger partial charge is 0.339 e. The van der Waals surface area contributed by atoms with E-state index < -0.39 is 209 Å². The van der Waals surface area contributed by atoms with Gasteiger partial charge in [-0.15, -0.1) is 0 Å². The van der Waals surface area contributed by atoms with E-state index in [1.54, 1.807) is 0 Å². The zero-order chi connectivity index (χ0) is 49.0. The third-order valence-corrected chi connectivity index (χ3v) is 10.9. The minimum absolute atomic E-state index is 0.331. The summed E-state index contributed by atoms with van der Waals surface area (Å²) in [7, 11) is 0. The van der Waals surface area contributed by atoms with E-state index in [1.165, 1.54) is 0 Å². The van der Waals surface area contributed by atoms with Gasteiger partial charge in [0.25, 0.3) is 0 Å². The van der Waals surface area contributed by atoms with Crippen LogP contribution in [-0.2, 0) is 23.7 Å². The number of carbonyl (C=O) groups is 5. The lowest BCUT2D eigenvalue weighted by Crippen LogP contribution is -2.56. The van der Waals surface area contributed by atoms with Crippen molar-refractivity contribution in [2.45, 2.75) is 30.5 Å². The van der Waals surface area contributed by atoms with Crippen molar-refractivity contribution in [3.05, 3.63) is 63.7 Å². The molecule has 0 amide bonds. The molecular weight excluding hydrogens is 908 g/mol. The Morgan fingerprint density at radius 2 is 0.836 bits per heavy atom. The van der Waals surface area contributed by atoms with E-state index in [9.17, 15) is 106 Å². The Labute approximate surface area is 368 Å². The molecule has 5 atom stereocenters. The monoisotopic (exact) mass is 936 g/mol. The molecule has 0 saturated carbocycles. The van der Waals surface area contributed by atoms with Gasteiger partial charge in [0.05, 0.1) is 27.8 Å². The summed E-state index contributed by atoms with van der Waals surface area (Å²) in [6.07, 6.45) is -13.4. The summed E-state index contributed by atoms with van der Waals surface area (Å²) in [5.74, 6) is -29.6. The number of aliphatic hydroxyl groups is 1. The zero-order valence-electron chi connectivity index (χ0n) is 32.7. The van der Waals surface area contributed by atoms with Crippen LogP contribution in [0.25, 0.3) is 22.3 Å². The van der Waals surface area contributed by atoms with E-state index in [0.29, 0.717) is 30.3 Å². The number of aromatic hydroxyl groups is 15. The van der Waals surface area contributed by atoms with Crippen LogP contribution in [-0.4, -0.2) is 143 Å². The summed E-state index contributed by atoms with van der Waals surface area (Å²) >= 11 is 0. The minimum atomic E-state index is -2.79. The Bertz CT molecular complexity index is 3060. The SMILES string of the molecule is O=C(O[C@@H]1COC(=O)c2cc(O)c(O)c(O)c2-c2c(cc(O)c(O)c2O)C(=O)O[C@H]1C1OC(=O)c2cc(O)c(O)c(O)c2-c2c(O)c(O)c(O)c3c2C(=O)O[C@H]1[C@@H]3O)c1cc(O)c(O)c(O)c1. The molecule has 0 aliphatic carbocycles. The van der Waals surface area contributed by atoms with E-state index in [2.05, 4.69) is 0 Å². The first-order valence-electron chi connectivity index (χ1n) is 18.6. The van der Waals surface area contributed by atoms with Crippen molar-refractivity contribution in [2.24, 2.45) is 0 Å². The van der Waals surface area contributed by atoms with E-state index in [0.717, 1.165) is 0 Å². The van der Waals surface area contributed by atoms with E-state index in [4.69, 9.17) is 23.7 Å². The lowest BCUT2D eigenvalue weighted by Gasteiger charge is -2.40. The van der Waals surface area contributed by atoms with Gasteiger partial charge in [-0.2, -0.15) is 0 Å². The van der Waals surface area contributed by atoms with Gasteiger partial charge in [-0.25, -0.2) is 24.0 Å². The summed E-state index contributed by atoms with van der Waals surface area (Å²) in [6.45, 7) is -1.50. The Morgan fingerprint density at radius 3 is 1.33 bits per heavy atom. The van der Waals surface area contributed by atoms with Crippen LogP contribution in [0, 0.1) is 0 Å². The first kappa shape index (κ1) is 44.0. The molecule has 26 nitrogen and oxygen atoms in total. The van der Waals surface area contributed by atoms with Crippen molar-refractivity contribution in [3.63, 3.8) is 0 Å². The van der Waals surface area contributed by atoms with Gasteiger partial charge in [0.2, 0.25) is 23.0 Å². The Hall–Kier alpha value is -9.59. The van der Waals surface area contributed by atoms with Crippen molar-refractivity contribution in [1.82, 2.24) is 0 Å². The van der Waals surface area contributed by atoms with Crippen LogP contribution in [0.15, 0.2) is 30.3 Å². The molecule has 16 N–H and O–H groups in total. The Kier molecular flexibility index (Phi) is 10.1. The average molecular weight is 937 g/mol. The summed E-state index contributed by atoms with van der Waals surface area (Å²) in [5, 5.41) is 172. The molecule has 1 unspecified atom stereocenters. The molecule has 4 aliphatic heterocycles. The number of aliphatic hydroxyl groups excluding tert-OH is 1. The van der Waals surface area contributed by atoms with Gasteiger partial charge in [0, 0.05) is 27.8 Å². The van der Waals surface area contributed by atoms with Crippen molar-refractivity contribution < 1.29 is 129 Å². The highest BCUT2D eigenvalue weighted by atomic mass is 16.6. The van der Waals surface area contributed by atoms with Crippen LogP contribution in [0.3, 0.4) is 0 Å². The van der Waals surface area contributed by atoms with Crippen molar-refractivity contribution >= 4 is 29.8 Å². The number of ether oxygens (including phenoxy) is 5. The zero-order valence-corrected chi connectivity index (χ0v) is 32.7. The molecule has 0 saturated heterocycles. The number of cyclic esters (lactones) is 2. The second kappa shape index (κ2) is 15.3. The number of benzene rings is 5. The first-order valence-corrected chi connectivity index (χ1v) is 18.6. The second-order valence-corrected chi connectivity index (χ2v) is 14.7. The Morgan fingerprint density at radius 1 is 0.433 bits per heavy atom. The van der Waals surface area contributed by atoms with Crippen molar-refractivity contribution in [1.29, 1.82) is 0 Å². The minimum Gasteiger partial charge on any atom is -0.504 e. The molecular formula is C41H28O26. The molecule has 0 radical (unpaired) electrons. The molecule has 5 aromatic rings. The highest BCUT2D eigenvalue weighted by molar-refractivity contribution is 6.11. The van der Waals surface area contributed by atoms with Crippen molar-refractivity contribution in [3.8, 4) is 108 Å². The molecule has 67 heavy (non-hydrogen) atoms. The van der Waals surface area contributed by atoms with E-state index in [1.807, 2.05) is 0 Å². The summed E-state index contributed by atoms with van der Waals surface area (Å²) in [4.78, 5) is 70.9. The van der Waals surface area contributed by atoms with Crippen LogP contribution in [0.4, 0.5) is 0 Å². The fourth-order valence-corrected chi connectivity index (χ4v) is 7.72. The second-order valence-electron chi connectivity index (χ2n) is 14.7. The number of phenolic OH excluding ortho intramolecular Hbond substituents is 15. The summed E-state index contributed by atoms with van der Waals surface area (Å²) in [5.41, 5.74) is -11.0. The lowest BCUT2D eigenvalue weighted by molar-refractivity contribution is -0.154. The molecule has 348 valence electrons. The quantitative estimate of drug-likeness (QED) is 0.0689. The Balaban J connectivity index is 1.42. The van der Waals surface area contributed by atoms with Gasteiger partial charge in [0.15, 0.2) is 87.7 Å². The lowest BCUT2D eigenvalue weighted by atomic mass is 9.82. The van der Waals surface area contributed by atoms with Gasteiger partial charge in [0.1, 0.15) is 12.7 Å². The third-order valence-electron chi connectivity index (χ3n) is 10.9. The molecule has 4 aliphatic rings. The van der Waals surface area contributed by atoms with Gasteiger partial charge < -0.3 is 105 Å². The standard InChI is InChI=1S/C41H28O26/c42-11-1-7(2-12(43)23(11)47)37(58)64-16-6-63-38(59)8-3-13(44)24(48)27(51)17(8)18-9(4-14(45)25(49)28(18)52)39(60)65-34(16)36-35-32(56)22-21(41(62)66-35)20(30(54)33(57)31(22)55)19-10(40(61)67-36)5-15(46)26(50)29(19)53/h1-5,16,32,34-36,42-57H,6H2/t16-,32-,34-,35+,36?/m1/s1. The van der Waals surface area contributed by atoms with Gasteiger partial charge in [-0.05, 0) is 30.3 Å². The fraction of sp³-hybridized carbons (Fsp3) is 0.146. The summed E-state index contributed by atoms with van der Waals surface area (Å²) < 4.78 is 27.6. The summed E-state index contributed by atoms with van der Waals surface area (Å²) in [6, 6.07) is 2.15. The highest BCUT2D eigenvalue weighted by Crippen LogP contribution is 2.58. The van der Waals surface area contributed by atoms with Crippen LogP contribution < -0.4 is 0 Å². The van der Waals surface area contributed by atoms with Crippen LogP contribution in [0.5, 0.6) is 86.2 Å². The fourth-order valence-electron chi connectivity index (χ4n) is 7.72. The molecule has 0 aromatic heterocycles. The maximum Gasteiger partial charge on any atom is 0.339 e. The predicted octanol–water partition coefficient (Wildman–Crippen LogP) is 1.34. The number of fused-ring (bicyclic) bond motifs is 6. The molecule has 5 aromatic carbocycles. The van der Waals surface area contributed by atoms with E-state index in [-0.39, 0.29) is 0 Å². The van der Waals surface area contributed by atoms with Crippen molar-refractivity contribution in [2.75, 3.05) is 6.61 Å². The number of rotatable bonds is 3. The van der Waals surface area contributed by atoms with Gasteiger partial charge in [-0.3, -0.25) is 0 Å². The number of hydrogen-bond acceptors (Lipinski definition) is 26. The highest BCUT2D eigenvalue weighted by Gasteiger charge is 2.54. The molecule has 0 fully saturated rings. The largest absolute Gasteiger partial charge is 0.504 e. The average Bonchev–Trinajstić information content (AvgIpc) is 3.29. The van der Waals surface area contributed by atoms with Gasteiger partial charge in [-0.1, -0.05) is 0 Å². The topological polar surface area (TPSA) is 455 Å². The number of esters is 5. The normalized spacial score (nSPS) is 19.9. The van der Waals surface area contributed by atoms with Gasteiger partial charge >= 0.3 is 29.8 Å². The molecule has 26 heteroatoms. The maximum atomic E-state index is 14.6. The molecule has 0 spiro atoms. The van der Waals surface area contributed by atoms with Crippen LogP contribution in [0.2, 0.25) is 0 Å².